The van der Waals surface area contributed by atoms with Crippen molar-refractivity contribution >= 4 is 57.6 Å². The SMILES string of the molecule is COc1ccc(/C=C/C(=O)NC(=S)Nc2cccc(NC(=O)c3cc4ccccc4o3)c2)cc1. The van der Waals surface area contributed by atoms with Crippen molar-refractivity contribution in [3.05, 3.63) is 96.3 Å². The monoisotopic (exact) mass is 471 g/mol. The largest absolute Gasteiger partial charge is 0.497 e. The summed E-state index contributed by atoms with van der Waals surface area (Å²) in [6.45, 7) is 0. The zero-order valence-electron chi connectivity index (χ0n) is 18.2. The number of hydrogen-bond donors (Lipinski definition) is 3. The summed E-state index contributed by atoms with van der Waals surface area (Å²) >= 11 is 5.22. The fraction of sp³-hybridized carbons (Fsp3) is 0.0385. The third-order valence-corrected chi connectivity index (χ3v) is 5.01. The lowest BCUT2D eigenvalue weighted by atomic mass is 10.2. The van der Waals surface area contributed by atoms with Crippen LogP contribution in [0.25, 0.3) is 17.0 Å². The minimum atomic E-state index is -0.373. The Labute approximate surface area is 201 Å². The van der Waals surface area contributed by atoms with Crippen molar-refractivity contribution in [3.63, 3.8) is 0 Å². The summed E-state index contributed by atoms with van der Waals surface area (Å²) < 4.78 is 10.7. The van der Waals surface area contributed by atoms with Gasteiger partial charge in [0.25, 0.3) is 5.91 Å². The zero-order chi connectivity index (χ0) is 23.9. The predicted molar refractivity (Wildman–Crippen MR) is 137 cm³/mol. The third-order valence-electron chi connectivity index (χ3n) is 4.81. The third kappa shape index (κ3) is 5.87. The maximum absolute atomic E-state index is 12.6. The lowest BCUT2D eigenvalue weighted by Gasteiger charge is -2.10. The molecule has 8 heteroatoms. The lowest BCUT2D eigenvalue weighted by molar-refractivity contribution is -0.115. The van der Waals surface area contributed by atoms with E-state index in [2.05, 4.69) is 16.0 Å². The second-order valence-electron chi connectivity index (χ2n) is 7.23. The molecule has 0 radical (unpaired) electrons. The number of ether oxygens (including phenoxy) is 1. The van der Waals surface area contributed by atoms with Gasteiger partial charge in [0, 0.05) is 22.8 Å². The number of methoxy groups -OCH3 is 1. The number of rotatable bonds is 6. The molecule has 0 fully saturated rings. The molecule has 34 heavy (non-hydrogen) atoms. The van der Waals surface area contributed by atoms with Gasteiger partial charge in [-0.25, -0.2) is 0 Å². The van der Waals surface area contributed by atoms with Crippen molar-refractivity contribution in [2.24, 2.45) is 0 Å². The summed E-state index contributed by atoms with van der Waals surface area (Å²) in [4.78, 5) is 24.7. The molecule has 1 aromatic heterocycles. The van der Waals surface area contributed by atoms with Crippen molar-refractivity contribution in [1.29, 1.82) is 0 Å². The highest BCUT2D eigenvalue weighted by Gasteiger charge is 2.12. The summed E-state index contributed by atoms with van der Waals surface area (Å²) in [6.07, 6.45) is 3.06. The van der Waals surface area contributed by atoms with Gasteiger partial charge >= 0.3 is 0 Å². The molecule has 0 saturated carbocycles. The molecule has 0 atom stereocenters. The van der Waals surface area contributed by atoms with Crippen LogP contribution in [-0.4, -0.2) is 24.0 Å². The molecule has 0 spiro atoms. The highest BCUT2D eigenvalue weighted by atomic mass is 32.1. The first kappa shape index (κ1) is 22.8. The van der Waals surface area contributed by atoms with Crippen LogP contribution in [0.15, 0.2) is 89.4 Å². The normalized spacial score (nSPS) is 10.7. The van der Waals surface area contributed by atoms with Crippen LogP contribution in [0, 0.1) is 0 Å². The van der Waals surface area contributed by atoms with Gasteiger partial charge in [0.15, 0.2) is 10.9 Å². The van der Waals surface area contributed by atoms with Crippen molar-refractivity contribution in [3.8, 4) is 5.75 Å². The van der Waals surface area contributed by atoms with Crippen LogP contribution in [0.4, 0.5) is 11.4 Å². The molecule has 4 aromatic rings. The van der Waals surface area contributed by atoms with E-state index < -0.39 is 0 Å². The number of anilines is 2. The molecule has 3 aromatic carbocycles. The minimum Gasteiger partial charge on any atom is -0.497 e. The maximum Gasteiger partial charge on any atom is 0.291 e. The highest BCUT2D eigenvalue weighted by Crippen LogP contribution is 2.21. The van der Waals surface area contributed by atoms with Crippen LogP contribution in [0.1, 0.15) is 16.1 Å². The summed E-state index contributed by atoms with van der Waals surface area (Å²) in [7, 11) is 1.59. The van der Waals surface area contributed by atoms with E-state index in [1.165, 1.54) is 6.08 Å². The van der Waals surface area contributed by atoms with E-state index in [-0.39, 0.29) is 22.7 Å². The van der Waals surface area contributed by atoms with Crippen molar-refractivity contribution in [2.75, 3.05) is 17.7 Å². The van der Waals surface area contributed by atoms with Gasteiger partial charge in [0.2, 0.25) is 5.91 Å². The van der Waals surface area contributed by atoms with E-state index >= 15 is 0 Å². The van der Waals surface area contributed by atoms with Gasteiger partial charge in [0.1, 0.15) is 11.3 Å². The molecule has 2 amide bonds. The second kappa shape index (κ2) is 10.5. The Morgan fingerprint density at radius 3 is 2.38 bits per heavy atom. The molecule has 7 nitrogen and oxygen atoms in total. The number of benzene rings is 3. The van der Waals surface area contributed by atoms with Crippen LogP contribution in [0.5, 0.6) is 5.75 Å². The lowest BCUT2D eigenvalue weighted by Crippen LogP contribution is -2.32. The van der Waals surface area contributed by atoms with Gasteiger partial charge in [-0.15, -0.1) is 0 Å². The standard InChI is InChI=1S/C26H21N3O4S/c1-32-21-12-9-17(10-13-21)11-14-24(30)29-26(34)28-20-7-4-6-19(16-20)27-25(31)23-15-18-5-2-3-8-22(18)33-23/h2-16H,1H3,(H,27,31)(H2,28,29,30,34)/b14-11+. The number of carbonyl (C=O) groups excluding carboxylic acids is 2. The van der Waals surface area contributed by atoms with Gasteiger partial charge in [-0.2, -0.15) is 0 Å². The Morgan fingerprint density at radius 2 is 1.65 bits per heavy atom. The van der Waals surface area contributed by atoms with Gasteiger partial charge in [-0.3, -0.25) is 14.9 Å². The minimum absolute atomic E-state index is 0.130. The van der Waals surface area contributed by atoms with E-state index in [1.54, 1.807) is 49.6 Å². The van der Waals surface area contributed by atoms with Crippen LogP contribution in [0.3, 0.4) is 0 Å². The average molecular weight is 472 g/mol. The molecule has 0 unspecified atom stereocenters. The number of hydrogen-bond acceptors (Lipinski definition) is 5. The fourth-order valence-electron chi connectivity index (χ4n) is 3.16. The molecule has 3 N–H and O–H groups in total. The Hall–Kier alpha value is -4.43. The molecule has 0 saturated heterocycles. The molecule has 0 aliphatic carbocycles. The van der Waals surface area contributed by atoms with Crippen LogP contribution >= 0.6 is 12.2 Å². The second-order valence-corrected chi connectivity index (χ2v) is 7.64. The van der Waals surface area contributed by atoms with Gasteiger partial charge < -0.3 is 19.8 Å². The number of para-hydroxylation sites is 1. The van der Waals surface area contributed by atoms with Crippen LogP contribution < -0.4 is 20.7 Å². The molecule has 0 bridgehead atoms. The first-order valence-corrected chi connectivity index (χ1v) is 10.7. The molecule has 4 rings (SSSR count). The van der Waals surface area contributed by atoms with Gasteiger partial charge in [0.05, 0.1) is 7.11 Å². The topological polar surface area (TPSA) is 92.6 Å². The van der Waals surface area contributed by atoms with Crippen LogP contribution in [0.2, 0.25) is 0 Å². The fourth-order valence-corrected chi connectivity index (χ4v) is 3.38. The Bertz CT molecular complexity index is 1340. The molecule has 0 aliphatic heterocycles. The molecular formula is C26H21N3O4S. The summed E-state index contributed by atoms with van der Waals surface area (Å²) in [5.41, 5.74) is 2.64. The van der Waals surface area contributed by atoms with Gasteiger partial charge in [-0.05, 0) is 66.3 Å². The smallest absolute Gasteiger partial charge is 0.291 e. The van der Waals surface area contributed by atoms with Crippen molar-refractivity contribution in [1.82, 2.24) is 5.32 Å². The Balaban J connectivity index is 1.33. The first-order valence-electron chi connectivity index (χ1n) is 10.3. The summed E-state index contributed by atoms with van der Waals surface area (Å²) in [5.74, 6) is 0.213. The quantitative estimate of drug-likeness (QED) is 0.264. The Morgan fingerprint density at radius 1 is 0.912 bits per heavy atom. The van der Waals surface area contributed by atoms with E-state index in [0.717, 1.165) is 16.7 Å². The number of nitrogens with one attached hydrogen (secondary N) is 3. The number of fused-ring (bicyclic) bond motifs is 1. The van der Waals surface area contributed by atoms with Crippen molar-refractivity contribution in [2.45, 2.75) is 0 Å². The summed E-state index contributed by atoms with van der Waals surface area (Å²) in [6, 6.07) is 23.4. The number of thiocarbonyl (C=S) groups is 1. The molecule has 0 aliphatic rings. The van der Waals surface area contributed by atoms with Crippen LogP contribution in [-0.2, 0) is 4.79 Å². The van der Waals surface area contributed by atoms with E-state index in [0.29, 0.717) is 17.0 Å². The highest BCUT2D eigenvalue weighted by molar-refractivity contribution is 7.80. The number of furan rings is 1. The van der Waals surface area contributed by atoms with E-state index in [1.807, 2.05) is 42.5 Å². The van der Waals surface area contributed by atoms with E-state index in [4.69, 9.17) is 21.4 Å². The molecular weight excluding hydrogens is 450 g/mol. The predicted octanol–water partition coefficient (Wildman–Crippen LogP) is 5.22. The molecule has 170 valence electrons. The average Bonchev–Trinajstić information content (AvgIpc) is 3.28. The number of carbonyl (C=O) groups is 2. The first-order chi connectivity index (χ1) is 16.5. The number of amides is 2. The zero-order valence-corrected chi connectivity index (χ0v) is 19.0. The van der Waals surface area contributed by atoms with E-state index in [9.17, 15) is 9.59 Å². The Kier molecular flexibility index (Phi) is 7.00. The molecule has 1 heterocycles. The van der Waals surface area contributed by atoms with Crippen molar-refractivity contribution < 1.29 is 18.7 Å². The maximum atomic E-state index is 12.6. The van der Waals surface area contributed by atoms with Gasteiger partial charge in [-0.1, -0.05) is 36.4 Å². The summed E-state index contributed by atoms with van der Waals surface area (Å²) in [5, 5.41) is 9.30.